The molecule has 0 atom stereocenters. The Bertz CT molecular complexity index is 808. The summed E-state index contributed by atoms with van der Waals surface area (Å²) in [6, 6.07) is 0. The lowest BCUT2D eigenvalue weighted by molar-refractivity contribution is 0.283. The normalized spacial score (nSPS) is 14.2. The number of aryl methyl sites for hydroxylation is 2. The van der Waals surface area contributed by atoms with Gasteiger partial charge in [0.2, 0.25) is 0 Å². The monoisotopic (exact) mass is 329 g/mol. The van der Waals surface area contributed by atoms with Crippen LogP contribution >= 0.6 is 11.3 Å². The van der Waals surface area contributed by atoms with Gasteiger partial charge in [-0.3, -0.25) is 14.3 Å². The highest BCUT2D eigenvalue weighted by Gasteiger charge is 2.22. The van der Waals surface area contributed by atoms with E-state index in [0.717, 1.165) is 48.4 Å². The Morgan fingerprint density at radius 3 is 2.74 bits per heavy atom. The van der Waals surface area contributed by atoms with Gasteiger partial charge in [-0.05, 0) is 44.3 Å². The van der Waals surface area contributed by atoms with Crippen molar-refractivity contribution in [3.63, 3.8) is 0 Å². The van der Waals surface area contributed by atoms with E-state index in [-0.39, 0.29) is 5.56 Å². The van der Waals surface area contributed by atoms with Gasteiger partial charge in [0, 0.05) is 4.88 Å². The zero-order chi connectivity index (χ0) is 16.4. The first-order valence-electron chi connectivity index (χ1n) is 8.39. The number of hydrogen-bond acceptors (Lipinski definition) is 4. The van der Waals surface area contributed by atoms with Crippen LogP contribution in [0.15, 0.2) is 4.79 Å². The molecule has 0 N–H and O–H groups in total. The second-order valence-electron chi connectivity index (χ2n) is 5.98. The van der Waals surface area contributed by atoms with Gasteiger partial charge in [0.25, 0.3) is 5.56 Å². The Labute approximate surface area is 141 Å². The predicted octanol–water partition coefficient (Wildman–Crippen LogP) is 2.81. The minimum Gasteiger partial charge on any atom is -0.297 e. The fourth-order valence-corrected chi connectivity index (χ4v) is 4.57. The molecule has 0 unspecified atom stereocenters. The molecule has 0 amide bonds. The first kappa shape index (κ1) is 16.2. The Balaban J connectivity index is 2.18. The maximum Gasteiger partial charge on any atom is 0.263 e. The highest BCUT2D eigenvalue weighted by Crippen LogP contribution is 2.33. The molecular weight excluding hydrogens is 306 g/mol. The smallest absolute Gasteiger partial charge is 0.263 e. The van der Waals surface area contributed by atoms with Crippen molar-refractivity contribution in [1.82, 2.24) is 14.5 Å². The molecule has 4 nitrogen and oxygen atoms in total. The standard InChI is InChI=1S/C18H23N3OS/c1-4-11-21-15(12-20(5-2)6-3)19-17-16(18(21)22)13-9-7-8-10-14(13)23-17/h1H,5-12H2,2-3H3. The number of nitrogens with zero attached hydrogens (tertiary/aromatic N) is 3. The van der Waals surface area contributed by atoms with Gasteiger partial charge < -0.3 is 0 Å². The topological polar surface area (TPSA) is 38.1 Å². The van der Waals surface area contributed by atoms with Crippen LogP contribution in [0.5, 0.6) is 0 Å². The van der Waals surface area contributed by atoms with Gasteiger partial charge in [-0.2, -0.15) is 0 Å². The number of rotatable bonds is 5. The third-order valence-electron chi connectivity index (χ3n) is 4.66. The first-order valence-corrected chi connectivity index (χ1v) is 9.21. The molecule has 0 aliphatic heterocycles. The summed E-state index contributed by atoms with van der Waals surface area (Å²) in [5.74, 6) is 3.41. The van der Waals surface area contributed by atoms with Crippen LogP contribution in [0.2, 0.25) is 0 Å². The first-order chi connectivity index (χ1) is 11.2. The van der Waals surface area contributed by atoms with E-state index in [1.165, 1.54) is 16.9 Å². The summed E-state index contributed by atoms with van der Waals surface area (Å²) in [5, 5.41) is 0.822. The molecule has 122 valence electrons. The molecule has 2 heterocycles. The minimum atomic E-state index is 0.0505. The predicted molar refractivity (Wildman–Crippen MR) is 96.0 cm³/mol. The van der Waals surface area contributed by atoms with Crippen molar-refractivity contribution in [2.24, 2.45) is 0 Å². The van der Waals surface area contributed by atoms with Crippen molar-refractivity contribution in [3.8, 4) is 12.3 Å². The number of fused-ring (bicyclic) bond motifs is 3. The Hall–Kier alpha value is -1.64. The minimum absolute atomic E-state index is 0.0505. The summed E-state index contributed by atoms with van der Waals surface area (Å²) in [7, 11) is 0. The Kier molecular flexibility index (Phi) is 4.84. The molecule has 2 aromatic rings. The van der Waals surface area contributed by atoms with E-state index in [0.29, 0.717) is 13.1 Å². The molecule has 0 fully saturated rings. The van der Waals surface area contributed by atoms with Crippen LogP contribution in [-0.4, -0.2) is 27.5 Å². The molecule has 0 bridgehead atoms. The average molecular weight is 329 g/mol. The molecule has 0 saturated heterocycles. The molecule has 0 spiro atoms. The van der Waals surface area contributed by atoms with Crippen molar-refractivity contribution < 1.29 is 0 Å². The second-order valence-corrected chi connectivity index (χ2v) is 7.06. The van der Waals surface area contributed by atoms with Crippen LogP contribution in [-0.2, 0) is 25.9 Å². The molecule has 5 heteroatoms. The lowest BCUT2D eigenvalue weighted by Gasteiger charge is -2.19. The fraction of sp³-hybridized carbons (Fsp3) is 0.556. The quantitative estimate of drug-likeness (QED) is 0.792. The molecule has 0 aromatic carbocycles. The SMILES string of the molecule is C#CCn1c(CN(CC)CC)nc2sc3c(c2c1=O)CCCC3. The van der Waals surface area contributed by atoms with E-state index >= 15 is 0 Å². The van der Waals surface area contributed by atoms with Crippen LogP contribution in [0, 0.1) is 12.3 Å². The molecule has 1 aliphatic rings. The molecule has 0 saturated carbocycles. The van der Waals surface area contributed by atoms with Gasteiger partial charge in [-0.25, -0.2) is 4.98 Å². The lowest BCUT2D eigenvalue weighted by Crippen LogP contribution is -2.31. The zero-order valence-corrected chi connectivity index (χ0v) is 14.7. The van der Waals surface area contributed by atoms with E-state index in [9.17, 15) is 4.79 Å². The van der Waals surface area contributed by atoms with Gasteiger partial charge >= 0.3 is 0 Å². The van der Waals surface area contributed by atoms with Crippen molar-refractivity contribution in [1.29, 1.82) is 0 Å². The average Bonchev–Trinajstić information content (AvgIpc) is 2.94. The largest absolute Gasteiger partial charge is 0.297 e. The van der Waals surface area contributed by atoms with Crippen molar-refractivity contribution in [3.05, 3.63) is 26.6 Å². The van der Waals surface area contributed by atoms with Gasteiger partial charge in [-0.15, -0.1) is 17.8 Å². The highest BCUT2D eigenvalue weighted by atomic mass is 32.1. The molecule has 3 rings (SSSR count). The second kappa shape index (κ2) is 6.86. The van der Waals surface area contributed by atoms with Crippen LogP contribution in [0.1, 0.15) is 43.0 Å². The van der Waals surface area contributed by atoms with Crippen molar-refractivity contribution in [2.45, 2.75) is 52.6 Å². The van der Waals surface area contributed by atoms with E-state index in [1.807, 2.05) is 0 Å². The third kappa shape index (κ3) is 2.93. The Morgan fingerprint density at radius 2 is 2.04 bits per heavy atom. The van der Waals surface area contributed by atoms with Crippen LogP contribution in [0.25, 0.3) is 10.2 Å². The maximum atomic E-state index is 13.0. The Morgan fingerprint density at radius 1 is 1.30 bits per heavy atom. The zero-order valence-electron chi connectivity index (χ0n) is 13.9. The number of aromatic nitrogens is 2. The third-order valence-corrected chi connectivity index (χ3v) is 5.85. The summed E-state index contributed by atoms with van der Waals surface area (Å²) < 4.78 is 1.70. The van der Waals surface area contributed by atoms with E-state index in [4.69, 9.17) is 11.4 Å². The number of hydrogen-bond donors (Lipinski definition) is 0. The van der Waals surface area contributed by atoms with Crippen LogP contribution < -0.4 is 5.56 Å². The summed E-state index contributed by atoms with van der Waals surface area (Å²) in [6.45, 7) is 7.07. The molecule has 1 aliphatic carbocycles. The van der Waals surface area contributed by atoms with E-state index in [2.05, 4.69) is 24.7 Å². The maximum absolute atomic E-state index is 13.0. The summed E-state index contributed by atoms with van der Waals surface area (Å²) in [4.78, 5) is 22.4. The molecular formula is C18H23N3OS. The molecule has 2 aromatic heterocycles. The van der Waals surface area contributed by atoms with Gasteiger partial charge in [-0.1, -0.05) is 19.8 Å². The van der Waals surface area contributed by atoms with Crippen LogP contribution in [0.3, 0.4) is 0 Å². The summed E-state index contributed by atoms with van der Waals surface area (Å²) in [5.41, 5.74) is 1.28. The summed E-state index contributed by atoms with van der Waals surface area (Å²) in [6.07, 6.45) is 9.95. The van der Waals surface area contributed by atoms with Gasteiger partial charge in [0.15, 0.2) is 0 Å². The number of terminal acetylenes is 1. The summed E-state index contributed by atoms with van der Waals surface area (Å²) >= 11 is 1.70. The number of thiophene rings is 1. The molecule has 0 radical (unpaired) electrons. The van der Waals surface area contributed by atoms with Crippen molar-refractivity contribution >= 4 is 21.6 Å². The molecule has 23 heavy (non-hydrogen) atoms. The van der Waals surface area contributed by atoms with Crippen molar-refractivity contribution in [2.75, 3.05) is 13.1 Å². The lowest BCUT2D eigenvalue weighted by atomic mass is 9.97. The van der Waals surface area contributed by atoms with E-state index < -0.39 is 0 Å². The van der Waals surface area contributed by atoms with Gasteiger partial charge in [0.1, 0.15) is 10.7 Å². The van der Waals surface area contributed by atoms with Crippen LogP contribution in [0.4, 0.5) is 0 Å². The van der Waals surface area contributed by atoms with E-state index in [1.54, 1.807) is 15.9 Å². The fourth-order valence-electron chi connectivity index (χ4n) is 3.30. The highest BCUT2D eigenvalue weighted by molar-refractivity contribution is 7.18. The van der Waals surface area contributed by atoms with Gasteiger partial charge in [0.05, 0.1) is 18.5 Å².